The fraction of sp³-hybridized carbons (Fsp3) is 0.188. The van der Waals surface area contributed by atoms with Crippen molar-refractivity contribution in [3.63, 3.8) is 0 Å². The molecule has 0 aliphatic carbocycles. The van der Waals surface area contributed by atoms with E-state index in [0.717, 1.165) is 48.5 Å². The third kappa shape index (κ3) is 6.74. The van der Waals surface area contributed by atoms with Crippen molar-refractivity contribution in [1.29, 1.82) is 5.26 Å². The molecule has 2 aromatic rings. The van der Waals surface area contributed by atoms with Crippen molar-refractivity contribution in [3.05, 3.63) is 54.1 Å². The molecule has 0 aromatic heterocycles. The maximum absolute atomic E-state index is 12.5. The SMILES string of the molecule is N#CC(N=Nc1ccc(OS(=O)(=O)C(F)(F)F)cc1)N=Nc1ccc(C(F)(F)F)cc1. The van der Waals surface area contributed by atoms with E-state index in [2.05, 4.69) is 24.6 Å². The van der Waals surface area contributed by atoms with Crippen LogP contribution in [0.1, 0.15) is 5.56 Å². The first-order valence-corrected chi connectivity index (χ1v) is 9.22. The molecule has 31 heavy (non-hydrogen) atoms. The van der Waals surface area contributed by atoms with Crippen molar-refractivity contribution in [3.8, 4) is 11.8 Å². The number of hydrogen-bond acceptors (Lipinski definition) is 8. The second-order valence-corrected chi connectivity index (χ2v) is 6.99. The van der Waals surface area contributed by atoms with Crippen molar-refractivity contribution in [2.45, 2.75) is 17.9 Å². The van der Waals surface area contributed by atoms with E-state index in [1.54, 1.807) is 6.07 Å². The molecule has 0 fully saturated rings. The summed E-state index contributed by atoms with van der Waals surface area (Å²) in [4.78, 5) is 0. The third-order valence-corrected chi connectivity index (χ3v) is 4.18. The zero-order valence-corrected chi connectivity index (χ0v) is 15.6. The van der Waals surface area contributed by atoms with E-state index in [0.29, 0.717) is 0 Å². The Morgan fingerprint density at radius 1 is 0.839 bits per heavy atom. The highest BCUT2D eigenvalue weighted by Crippen LogP contribution is 2.31. The Balaban J connectivity index is 2.04. The Hall–Kier alpha value is -3.54. The Morgan fingerprint density at radius 2 is 1.29 bits per heavy atom. The maximum atomic E-state index is 12.5. The van der Waals surface area contributed by atoms with Crippen LogP contribution in [0.5, 0.6) is 5.75 Å². The second-order valence-electron chi connectivity index (χ2n) is 5.46. The van der Waals surface area contributed by atoms with Gasteiger partial charge in [-0.05, 0) is 48.5 Å². The fourth-order valence-corrected chi connectivity index (χ4v) is 2.24. The van der Waals surface area contributed by atoms with Crippen LogP contribution in [0.4, 0.5) is 37.7 Å². The number of nitriles is 1. The molecule has 0 radical (unpaired) electrons. The van der Waals surface area contributed by atoms with Crippen LogP contribution < -0.4 is 4.18 Å². The average Bonchev–Trinajstić information content (AvgIpc) is 2.68. The third-order valence-electron chi connectivity index (χ3n) is 3.20. The minimum atomic E-state index is -5.82. The number of halogens is 6. The highest BCUT2D eigenvalue weighted by Gasteiger charge is 2.48. The Bertz CT molecular complexity index is 1100. The summed E-state index contributed by atoms with van der Waals surface area (Å²) in [5, 5.41) is 23.2. The molecule has 15 heteroatoms. The molecular weight excluding hydrogens is 456 g/mol. The van der Waals surface area contributed by atoms with Gasteiger partial charge in [-0.3, -0.25) is 0 Å². The standard InChI is InChI=1S/C16H9F6N5O3S/c17-15(18,19)10-1-3-11(4-2-10)24-26-14(9-23)27-25-12-5-7-13(8-6-12)30-31(28,29)16(20,21)22/h1-8,14H. The molecule has 0 bridgehead atoms. The van der Waals surface area contributed by atoms with E-state index < -0.39 is 39.3 Å². The average molecular weight is 465 g/mol. The molecule has 164 valence electrons. The van der Waals surface area contributed by atoms with E-state index >= 15 is 0 Å². The first-order valence-electron chi connectivity index (χ1n) is 7.81. The molecule has 0 heterocycles. The number of azo groups is 2. The van der Waals surface area contributed by atoms with Gasteiger partial charge in [-0.1, -0.05) is 0 Å². The van der Waals surface area contributed by atoms with Gasteiger partial charge in [0.1, 0.15) is 11.8 Å². The van der Waals surface area contributed by atoms with Gasteiger partial charge in [-0.15, -0.1) is 10.2 Å². The van der Waals surface area contributed by atoms with Gasteiger partial charge < -0.3 is 4.18 Å². The summed E-state index contributed by atoms with van der Waals surface area (Å²) in [6.45, 7) is 0. The number of benzene rings is 2. The lowest BCUT2D eigenvalue weighted by Gasteiger charge is -2.09. The predicted molar refractivity (Wildman–Crippen MR) is 91.9 cm³/mol. The minimum absolute atomic E-state index is 0.0155. The molecule has 2 aromatic carbocycles. The summed E-state index contributed by atoms with van der Waals surface area (Å²) in [7, 11) is -5.82. The van der Waals surface area contributed by atoms with Crippen LogP contribution in [-0.4, -0.2) is 20.1 Å². The quantitative estimate of drug-likeness (QED) is 0.237. The number of hydrogen-bond donors (Lipinski definition) is 0. The highest BCUT2D eigenvalue weighted by molar-refractivity contribution is 7.88. The lowest BCUT2D eigenvalue weighted by Crippen LogP contribution is -2.27. The molecule has 1 atom stereocenters. The molecule has 0 saturated heterocycles. The highest BCUT2D eigenvalue weighted by atomic mass is 32.2. The minimum Gasteiger partial charge on any atom is -0.376 e. The van der Waals surface area contributed by atoms with Crippen LogP contribution >= 0.6 is 0 Å². The summed E-state index contributed by atoms with van der Waals surface area (Å²) in [6, 6.07) is 9.11. The van der Waals surface area contributed by atoms with Gasteiger partial charge in [0.05, 0.1) is 16.9 Å². The van der Waals surface area contributed by atoms with Crippen molar-refractivity contribution in [2.24, 2.45) is 20.5 Å². The monoisotopic (exact) mass is 465 g/mol. The second kappa shape index (κ2) is 9.08. The number of rotatable bonds is 6. The number of nitrogens with zero attached hydrogens (tertiary/aromatic N) is 5. The lowest BCUT2D eigenvalue weighted by atomic mass is 10.2. The van der Waals surface area contributed by atoms with Crippen molar-refractivity contribution < 1.29 is 38.9 Å². The Kier molecular flexibility index (Phi) is 6.95. The summed E-state index contributed by atoms with van der Waals surface area (Å²) >= 11 is 0. The van der Waals surface area contributed by atoms with Crippen molar-refractivity contribution in [1.82, 2.24) is 0 Å². The fourth-order valence-electron chi connectivity index (χ4n) is 1.78. The summed E-state index contributed by atoms with van der Waals surface area (Å²) in [5.74, 6) is -0.630. The number of alkyl halides is 6. The summed E-state index contributed by atoms with van der Waals surface area (Å²) < 4.78 is 100. The smallest absolute Gasteiger partial charge is 0.376 e. The molecule has 0 aliphatic heterocycles. The molecule has 8 nitrogen and oxygen atoms in total. The molecule has 2 rings (SSSR count). The molecule has 0 saturated carbocycles. The van der Waals surface area contributed by atoms with E-state index in [9.17, 15) is 34.8 Å². The van der Waals surface area contributed by atoms with Crippen molar-refractivity contribution in [2.75, 3.05) is 0 Å². The van der Waals surface area contributed by atoms with Crippen LogP contribution in [0.2, 0.25) is 0 Å². The molecule has 0 aliphatic rings. The van der Waals surface area contributed by atoms with Crippen LogP contribution in [0.3, 0.4) is 0 Å². The van der Waals surface area contributed by atoms with Gasteiger partial charge in [-0.2, -0.15) is 50.3 Å². The van der Waals surface area contributed by atoms with E-state index in [4.69, 9.17) is 5.26 Å². The van der Waals surface area contributed by atoms with Crippen LogP contribution in [0.15, 0.2) is 69.0 Å². The van der Waals surface area contributed by atoms with Gasteiger partial charge >= 0.3 is 21.8 Å². The largest absolute Gasteiger partial charge is 0.534 e. The van der Waals surface area contributed by atoms with Crippen molar-refractivity contribution >= 4 is 21.5 Å². The molecule has 0 spiro atoms. The van der Waals surface area contributed by atoms with E-state index in [1.165, 1.54) is 0 Å². The van der Waals surface area contributed by atoms with Crippen LogP contribution in [-0.2, 0) is 16.3 Å². The van der Waals surface area contributed by atoms with E-state index in [-0.39, 0.29) is 11.4 Å². The molecule has 0 N–H and O–H groups in total. The predicted octanol–water partition coefficient (Wildman–Crippen LogP) is 5.65. The summed E-state index contributed by atoms with van der Waals surface area (Å²) in [6.07, 6.45) is -5.99. The molecular formula is C16H9F6N5O3S. The van der Waals surface area contributed by atoms with Gasteiger partial charge in [0.15, 0.2) is 0 Å². The Labute approximate surface area is 170 Å². The van der Waals surface area contributed by atoms with E-state index in [1.807, 2.05) is 0 Å². The summed E-state index contributed by atoms with van der Waals surface area (Å²) in [5.41, 5.74) is -6.44. The Morgan fingerprint density at radius 3 is 1.68 bits per heavy atom. The first-order chi connectivity index (χ1) is 14.3. The van der Waals surface area contributed by atoms with Gasteiger partial charge in [0.2, 0.25) is 0 Å². The first kappa shape index (κ1) is 23.7. The van der Waals surface area contributed by atoms with Gasteiger partial charge in [0.25, 0.3) is 6.17 Å². The zero-order valence-electron chi connectivity index (χ0n) is 14.8. The van der Waals surface area contributed by atoms with Crippen LogP contribution in [0.25, 0.3) is 0 Å². The molecule has 1 unspecified atom stereocenters. The van der Waals surface area contributed by atoms with Crippen LogP contribution in [0, 0.1) is 11.3 Å². The topological polar surface area (TPSA) is 117 Å². The van der Waals surface area contributed by atoms with Gasteiger partial charge in [-0.25, -0.2) is 0 Å². The molecule has 0 amide bonds. The lowest BCUT2D eigenvalue weighted by molar-refractivity contribution is -0.137. The zero-order chi connectivity index (χ0) is 23.3. The normalized spacial score (nSPS) is 14.0. The van der Waals surface area contributed by atoms with Gasteiger partial charge in [0, 0.05) is 0 Å². The maximum Gasteiger partial charge on any atom is 0.534 e.